The molecule has 6 heteroatoms. The van der Waals surface area contributed by atoms with Crippen molar-refractivity contribution in [3.8, 4) is 0 Å². The monoisotopic (exact) mass is 271 g/mol. The van der Waals surface area contributed by atoms with E-state index in [9.17, 15) is 4.79 Å². The predicted octanol–water partition coefficient (Wildman–Crippen LogP) is 1.34. The van der Waals surface area contributed by atoms with E-state index in [-0.39, 0.29) is 5.91 Å². The number of amides is 1. The lowest BCUT2D eigenvalue weighted by atomic mass is 10.2. The van der Waals surface area contributed by atoms with Crippen molar-refractivity contribution in [3.63, 3.8) is 0 Å². The molecule has 2 rings (SSSR count). The highest BCUT2D eigenvalue weighted by atomic mass is 16.2. The molecule has 104 valence electrons. The van der Waals surface area contributed by atoms with Crippen molar-refractivity contribution in [1.82, 2.24) is 14.9 Å². The van der Waals surface area contributed by atoms with Gasteiger partial charge in [-0.15, -0.1) is 0 Å². The van der Waals surface area contributed by atoms with Crippen molar-refractivity contribution in [2.45, 2.75) is 13.5 Å². The van der Waals surface area contributed by atoms with Crippen LogP contribution in [0.2, 0.25) is 0 Å². The summed E-state index contributed by atoms with van der Waals surface area (Å²) in [6.45, 7) is 2.38. The van der Waals surface area contributed by atoms with E-state index in [2.05, 4.69) is 15.4 Å². The second-order valence-electron chi connectivity index (χ2n) is 4.51. The summed E-state index contributed by atoms with van der Waals surface area (Å²) in [6.07, 6.45) is 1.50. The van der Waals surface area contributed by atoms with E-state index >= 15 is 0 Å². The van der Waals surface area contributed by atoms with Gasteiger partial charge >= 0.3 is 0 Å². The molecule has 1 amide bonds. The molecule has 0 aliphatic heterocycles. The first-order valence-electron chi connectivity index (χ1n) is 6.21. The molecule has 0 fully saturated rings. The first-order valence-corrected chi connectivity index (χ1v) is 6.21. The van der Waals surface area contributed by atoms with Crippen molar-refractivity contribution in [2.75, 3.05) is 12.5 Å². The number of carbonyl (C=O) groups is 1. The lowest BCUT2D eigenvalue weighted by Gasteiger charge is -2.17. The number of nitrogens with two attached hydrogens (primary N) is 1. The third kappa shape index (κ3) is 3.30. The molecule has 20 heavy (non-hydrogen) atoms. The summed E-state index contributed by atoms with van der Waals surface area (Å²) in [6, 6.07) is 9.10. The van der Waals surface area contributed by atoms with Crippen LogP contribution in [-0.4, -0.2) is 27.8 Å². The largest absolute Gasteiger partial charge is 0.336 e. The lowest BCUT2D eigenvalue weighted by molar-refractivity contribution is 0.0783. The number of carbonyl (C=O) groups excluding carboxylic acids is 1. The molecule has 0 saturated carbocycles. The molecule has 2 aromatic rings. The number of hydrogen-bond acceptors (Lipinski definition) is 5. The molecular formula is C14H17N5O. The fraction of sp³-hybridized carbons (Fsp3) is 0.214. The van der Waals surface area contributed by atoms with Crippen LogP contribution in [0, 0.1) is 6.92 Å². The van der Waals surface area contributed by atoms with Gasteiger partial charge in [0, 0.05) is 18.9 Å². The minimum Gasteiger partial charge on any atom is -0.336 e. The summed E-state index contributed by atoms with van der Waals surface area (Å²) in [5, 5.41) is 0. The van der Waals surface area contributed by atoms with Crippen molar-refractivity contribution in [2.24, 2.45) is 5.84 Å². The van der Waals surface area contributed by atoms with Gasteiger partial charge < -0.3 is 10.3 Å². The number of nitrogen functional groups attached to an aromatic ring is 1. The quantitative estimate of drug-likeness (QED) is 0.647. The fourth-order valence-electron chi connectivity index (χ4n) is 1.83. The Morgan fingerprint density at radius 2 is 2.15 bits per heavy atom. The van der Waals surface area contributed by atoms with E-state index in [1.165, 1.54) is 6.20 Å². The molecule has 6 nitrogen and oxygen atoms in total. The van der Waals surface area contributed by atoms with Crippen LogP contribution < -0.4 is 11.3 Å². The number of anilines is 1. The van der Waals surface area contributed by atoms with E-state index in [4.69, 9.17) is 5.84 Å². The van der Waals surface area contributed by atoms with Gasteiger partial charge in [-0.3, -0.25) is 9.78 Å². The Balaban J connectivity index is 2.07. The van der Waals surface area contributed by atoms with Gasteiger partial charge in [-0.05, 0) is 31.2 Å². The van der Waals surface area contributed by atoms with Gasteiger partial charge in [0.05, 0.1) is 17.8 Å². The Hall–Kier alpha value is -2.47. The van der Waals surface area contributed by atoms with Gasteiger partial charge in [-0.1, -0.05) is 6.07 Å². The number of aromatic nitrogens is 2. The molecule has 3 N–H and O–H groups in total. The smallest absolute Gasteiger partial charge is 0.255 e. The molecule has 2 heterocycles. The number of nitrogens with zero attached hydrogens (tertiary/aromatic N) is 3. The molecule has 2 aromatic heterocycles. The summed E-state index contributed by atoms with van der Waals surface area (Å²) in [4.78, 5) is 22.2. The summed E-state index contributed by atoms with van der Waals surface area (Å²) < 4.78 is 0. The number of nitrogens with one attached hydrogen (secondary N) is 1. The van der Waals surface area contributed by atoms with E-state index < -0.39 is 0 Å². The molecule has 0 spiro atoms. The third-order valence-electron chi connectivity index (χ3n) is 2.85. The third-order valence-corrected chi connectivity index (χ3v) is 2.85. The topological polar surface area (TPSA) is 84.1 Å². The highest BCUT2D eigenvalue weighted by Gasteiger charge is 2.13. The van der Waals surface area contributed by atoms with Gasteiger partial charge in [0.25, 0.3) is 5.91 Å². The van der Waals surface area contributed by atoms with E-state index in [0.717, 1.165) is 11.4 Å². The second kappa shape index (κ2) is 6.12. The van der Waals surface area contributed by atoms with E-state index in [1.54, 1.807) is 24.1 Å². The molecule has 0 saturated heterocycles. The molecule has 0 aliphatic carbocycles. The van der Waals surface area contributed by atoms with Crippen LogP contribution in [0.5, 0.6) is 0 Å². The van der Waals surface area contributed by atoms with Crippen LogP contribution in [0.3, 0.4) is 0 Å². The zero-order valence-electron chi connectivity index (χ0n) is 11.5. The molecule has 0 aromatic carbocycles. The maximum atomic E-state index is 12.2. The van der Waals surface area contributed by atoms with Crippen molar-refractivity contribution >= 4 is 11.7 Å². The molecule has 0 radical (unpaired) electrons. The van der Waals surface area contributed by atoms with Crippen LogP contribution in [0.25, 0.3) is 0 Å². The molecule has 0 aliphatic rings. The number of hydrazine groups is 1. The SMILES string of the molecule is Cc1cccc(CN(C)C(=O)c2ccc(NN)nc2)n1. The standard InChI is InChI=1S/C14H17N5O/c1-10-4-3-5-12(17-10)9-19(2)14(20)11-6-7-13(18-15)16-8-11/h3-8H,9,15H2,1-2H3,(H,16,18). The number of hydrogen-bond donors (Lipinski definition) is 2. The maximum absolute atomic E-state index is 12.2. The number of pyridine rings is 2. The molecule has 0 atom stereocenters. The Kier molecular flexibility index (Phi) is 4.27. The van der Waals surface area contributed by atoms with Crippen molar-refractivity contribution in [1.29, 1.82) is 0 Å². The fourth-order valence-corrected chi connectivity index (χ4v) is 1.83. The maximum Gasteiger partial charge on any atom is 0.255 e. The highest BCUT2D eigenvalue weighted by molar-refractivity contribution is 5.93. The first kappa shape index (κ1) is 14.0. The predicted molar refractivity (Wildman–Crippen MR) is 76.8 cm³/mol. The second-order valence-corrected chi connectivity index (χ2v) is 4.51. The normalized spacial score (nSPS) is 10.2. The average Bonchev–Trinajstić information content (AvgIpc) is 2.46. The summed E-state index contributed by atoms with van der Waals surface area (Å²) >= 11 is 0. The van der Waals surface area contributed by atoms with Crippen LogP contribution in [-0.2, 0) is 6.54 Å². The minimum atomic E-state index is -0.107. The van der Waals surface area contributed by atoms with E-state index in [0.29, 0.717) is 17.9 Å². The highest BCUT2D eigenvalue weighted by Crippen LogP contribution is 2.09. The van der Waals surface area contributed by atoms with E-state index in [1.807, 2.05) is 25.1 Å². The van der Waals surface area contributed by atoms with Crippen LogP contribution in [0.1, 0.15) is 21.7 Å². The Morgan fingerprint density at radius 1 is 1.35 bits per heavy atom. The number of rotatable bonds is 4. The van der Waals surface area contributed by atoms with Gasteiger partial charge in [-0.2, -0.15) is 0 Å². The van der Waals surface area contributed by atoms with Crippen LogP contribution in [0.15, 0.2) is 36.5 Å². The first-order chi connectivity index (χ1) is 9.60. The molecule has 0 unspecified atom stereocenters. The van der Waals surface area contributed by atoms with Gasteiger partial charge in [0.15, 0.2) is 0 Å². The molecule has 0 bridgehead atoms. The van der Waals surface area contributed by atoms with Crippen LogP contribution >= 0.6 is 0 Å². The summed E-state index contributed by atoms with van der Waals surface area (Å²) in [5.74, 6) is 5.65. The Morgan fingerprint density at radius 3 is 2.75 bits per heavy atom. The average molecular weight is 271 g/mol. The van der Waals surface area contributed by atoms with Crippen molar-refractivity contribution < 1.29 is 4.79 Å². The minimum absolute atomic E-state index is 0.107. The van der Waals surface area contributed by atoms with Crippen LogP contribution in [0.4, 0.5) is 5.82 Å². The van der Waals surface area contributed by atoms with Gasteiger partial charge in [0.1, 0.15) is 5.82 Å². The summed E-state index contributed by atoms with van der Waals surface area (Å²) in [5.41, 5.74) is 4.72. The van der Waals surface area contributed by atoms with Gasteiger partial charge in [-0.25, -0.2) is 10.8 Å². The lowest BCUT2D eigenvalue weighted by Crippen LogP contribution is -2.26. The summed E-state index contributed by atoms with van der Waals surface area (Å²) in [7, 11) is 1.74. The molecular weight excluding hydrogens is 254 g/mol. The Bertz CT molecular complexity index is 597. The zero-order chi connectivity index (χ0) is 14.5. The van der Waals surface area contributed by atoms with Gasteiger partial charge in [0.2, 0.25) is 0 Å². The number of aryl methyl sites for hydroxylation is 1. The van der Waals surface area contributed by atoms with Crippen molar-refractivity contribution in [3.05, 3.63) is 53.5 Å². The Labute approximate surface area is 117 Å². The zero-order valence-corrected chi connectivity index (χ0v) is 11.5.